The van der Waals surface area contributed by atoms with Crippen LogP contribution < -0.4 is 10.1 Å². The van der Waals surface area contributed by atoms with Crippen molar-refractivity contribution in [2.45, 2.75) is 38.0 Å². The number of amides is 1. The number of carbonyl (C=O) groups excluding carboxylic acids is 1. The van der Waals surface area contributed by atoms with Gasteiger partial charge in [-0.05, 0) is 48.6 Å². The summed E-state index contributed by atoms with van der Waals surface area (Å²) in [7, 11) is 0. The van der Waals surface area contributed by atoms with E-state index < -0.39 is 0 Å². The fourth-order valence-corrected chi connectivity index (χ4v) is 3.16. The second kappa shape index (κ2) is 8.15. The molecule has 1 aromatic carbocycles. The summed E-state index contributed by atoms with van der Waals surface area (Å²) in [6.07, 6.45) is 8.04. The Morgan fingerprint density at radius 2 is 1.88 bits per heavy atom. The Morgan fingerprint density at radius 3 is 2.54 bits per heavy atom. The predicted octanol–water partition coefficient (Wildman–Crippen LogP) is 4.80. The number of rotatable bonds is 5. The third kappa shape index (κ3) is 4.71. The molecule has 0 unspecified atom stereocenters. The van der Waals surface area contributed by atoms with Crippen molar-refractivity contribution in [2.75, 3.05) is 11.9 Å². The number of hydrogen-bond acceptors (Lipinski definition) is 3. The van der Waals surface area contributed by atoms with Crippen molar-refractivity contribution >= 4 is 23.3 Å². The maximum Gasteiger partial charge on any atom is 0.263 e. The number of carbonyl (C=O) groups is 1. The van der Waals surface area contributed by atoms with Crippen LogP contribution in [-0.2, 0) is 4.79 Å². The highest BCUT2D eigenvalue weighted by Crippen LogP contribution is 2.33. The summed E-state index contributed by atoms with van der Waals surface area (Å²) < 4.78 is 5.54. The minimum absolute atomic E-state index is 0.0485. The van der Waals surface area contributed by atoms with Crippen LogP contribution in [0.4, 0.5) is 5.82 Å². The lowest BCUT2D eigenvalue weighted by molar-refractivity contribution is -0.118. The summed E-state index contributed by atoms with van der Waals surface area (Å²) in [5.41, 5.74) is 1.37. The lowest BCUT2D eigenvalue weighted by Gasteiger charge is -2.22. The number of aromatic nitrogens is 1. The van der Waals surface area contributed by atoms with Gasteiger partial charge in [0, 0.05) is 6.20 Å². The SMILES string of the molecule is O=C(COc1ccc(C2CCCCC2)cc1)Nc1ccc(Cl)cn1. The molecule has 3 rings (SSSR count). The van der Waals surface area contributed by atoms with Gasteiger partial charge >= 0.3 is 0 Å². The molecule has 2 aromatic rings. The zero-order valence-corrected chi connectivity index (χ0v) is 14.3. The molecule has 126 valence electrons. The second-order valence-corrected chi connectivity index (χ2v) is 6.54. The Labute approximate surface area is 147 Å². The van der Waals surface area contributed by atoms with E-state index in [-0.39, 0.29) is 12.5 Å². The molecule has 0 radical (unpaired) electrons. The quantitative estimate of drug-likeness (QED) is 0.847. The zero-order valence-electron chi connectivity index (χ0n) is 13.5. The highest BCUT2D eigenvalue weighted by Gasteiger charge is 2.15. The van der Waals surface area contributed by atoms with Gasteiger partial charge < -0.3 is 10.1 Å². The van der Waals surface area contributed by atoms with Gasteiger partial charge in [0.15, 0.2) is 6.61 Å². The van der Waals surface area contributed by atoms with Crippen molar-refractivity contribution in [2.24, 2.45) is 0 Å². The van der Waals surface area contributed by atoms with E-state index >= 15 is 0 Å². The molecular formula is C19H21ClN2O2. The largest absolute Gasteiger partial charge is 0.484 e. The number of halogens is 1. The maximum absolute atomic E-state index is 11.9. The molecule has 5 heteroatoms. The predicted molar refractivity (Wildman–Crippen MR) is 95.6 cm³/mol. The van der Waals surface area contributed by atoms with Gasteiger partial charge in [0.05, 0.1) is 5.02 Å². The topological polar surface area (TPSA) is 51.2 Å². The molecule has 1 aliphatic rings. The Bertz CT molecular complexity index is 665. The molecule has 0 saturated heterocycles. The van der Waals surface area contributed by atoms with Crippen LogP contribution in [0, 0.1) is 0 Å². The van der Waals surface area contributed by atoms with Gasteiger partial charge in [-0.3, -0.25) is 4.79 Å². The minimum atomic E-state index is -0.249. The molecular weight excluding hydrogens is 324 g/mol. The fourth-order valence-electron chi connectivity index (χ4n) is 3.05. The molecule has 1 heterocycles. The number of anilines is 1. The van der Waals surface area contributed by atoms with E-state index in [0.29, 0.717) is 22.5 Å². The number of benzene rings is 1. The van der Waals surface area contributed by atoms with Crippen molar-refractivity contribution in [1.82, 2.24) is 4.98 Å². The van der Waals surface area contributed by atoms with Crippen molar-refractivity contribution in [3.63, 3.8) is 0 Å². The number of pyridine rings is 1. The van der Waals surface area contributed by atoms with Gasteiger partial charge in [0.1, 0.15) is 11.6 Å². The highest BCUT2D eigenvalue weighted by atomic mass is 35.5. The van der Waals surface area contributed by atoms with Crippen LogP contribution in [0.25, 0.3) is 0 Å². The molecule has 1 amide bonds. The van der Waals surface area contributed by atoms with Gasteiger partial charge in [-0.15, -0.1) is 0 Å². The van der Waals surface area contributed by atoms with Gasteiger partial charge in [-0.1, -0.05) is 43.0 Å². The number of nitrogens with zero attached hydrogens (tertiary/aromatic N) is 1. The molecule has 0 spiro atoms. The summed E-state index contributed by atoms with van der Waals surface area (Å²) in [6.45, 7) is -0.0485. The van der Waals surface area contributed by atoms with Crippen LogP contribution in [0.3, 0.4) is 0 Å². The number of ether oxygens (including phenoxy) is 1. The van der Waals surface area contributed by atoms with Crippen LogP contribution in [0.2, 0.25) is 5.02 Å². The standard InChI is InChI=1S/C19H21ClN2O2/c20-16-8-11-18(21-12-16)22-19(23)13-24-17-9-6-15(7-10-17)14-4-2-1-3-5-14/h6-12,14H,1-5,13H2,(H,21,22,23). The first-order valence-corrected chi connectivity index (χ1v) is 8.73. The Hall–Kier alpha value is -2.07. The second-order valence-electron chi connectivity index (χ2n) is 6.10. The van der Waals surface area contributed by atoms with E-state index in [2.05, 4.69) is 22.4 Å². The van der Waals surface area contributed by atoms with Crippen molar-refractivity contribution in [3.8, 4) is 5.75 Å². The van der Waals surface area contributed by atoms with Gasteiger partial charge in [0.25, 0.3) is 5.91 Å². The summed E-state index contributed by atoms with van der Waals surface area (Å²) in [5, 5.41) is 3.20. The van der Waals surface area contributed by atoms with Gasteiger partial charge in [-0.25, -0.2) is 4.98 Å². The maximum atomic E-state index is 11.9. The molecule has 4 nitrogen and oxygen atoms in total. The van der Waals surface area contributed by atoms with E-state index in [0.717, 1.165) is 0 Å². The van der Waals surface area contributed by atoms with E-state index in [1.807, 2.05) is 12.1 Å². The zero-order chi connectivity index (χ0) is 16.8. The average Bonchev–Trinajstić information content (AvgIpc) is 2.63. The van der Waals surface area contributed by atoms with Crippen LogP contribution >= 0.6 is 11.6 Å². The van der Waals surface area contributed by atoms with Crippen molar-refractivity contribution < 1.29 is 9.53 Å². The molecule has 1 saturated carbocycles. The Kier molecular flexibility index (Phi) is 5.70. The van der Waals surface area contributed by atoms with Crippen molar-refractivity contribution in [3.05, 3.63) is 53.2 Å². The third-order valence-electron chi connectivity index (χ3n) is 4.32. The molecule has 0 atom stereocenters. The molecule has 1 fully saturated rings. The first-order chi connectivity index (χ1) is 11.7. The molecule has 1 N–H and O–H groups in total. The van der Waals surface area contributed by atoms with Crippen LogP contribution in [-0.4, -0.2) is 17.5 Å². The van der Waals surface area contributed by atoms with Gasteiger partial charge in [0.2, 0.25) is 0 Å². The van der Waals surface area contributed by atoms with Crippen LogP contribution in [0.1, 0.15) is 43.6 Å². The fraction of sp³-hybridized carbons (Fsp3) is 0.368. The first-order valence-electron chi connectivity index (χ1n) is 8.35. The lowest BCUT2D eigenvalue weighted by atomic mass is 9.84. The number of hydrogen-bond donors (Lipinski definition) is 1. The Balaban J connectivity index is 1.49. The molecule has 1 aliphatic carbocycles. The minimum Gasteiger partial charge on any atom is -0.484 e. The average molecular weight is 345 g/mol. The summed E-state index contributed by atoms with van der Waals surface area (Å²) in [4.78, 5) is 15.9. The van der Waals surface area contributed by atoms with Gasteiger partial charge in [-0.2, -0.15) is 0 Å². The number of nitrogens with one attached hydrogen (secondary N) is 1. The molecule has 24 heavy (non-hydrogen) atoms. The summed E-state index contributed by atoms with van der Waals surface area (Å²) >= 11 is 5.76. The Morgan fingerprint density at radius 1 is 1.12 bits per heavy atom. The van der Waals surface area contributed by atoms with E-state index in [4.69, 9.17) is 16.3 Å². The molecule has 0 aliphatic heterocycles. The van der Waals surface area contributed by atoms with Crippen LogP contribution in [0.5, 0.6) is 5.75 Å². The van der Waals surface area contributed by atoms with E-state index in [1.54, 1.807) is 12.1 Å². The summed E-state index contributed by atoms with van der Waals surface area (Å²) in [6, 6.07) is 11.4. The first kappa shape index (κ1) is 16.8. The summed E-state index contributed by atoms with van der Waals surface area (Å²) in [5.74, 6) is 1.59. The molecule has 1 aromatic heterocycles. The highest BCUT2D eigenvalue weighted by molar-refractivity contribution is 6.30. The normalized spacial score (nSPS) is 15.0. The van der Waals surface area contributed by atoms with E-state index in [9.17, 15) is 4.79 Å². The van der Waals surface area contributed by atoms with Crippen molar-refractivity contribution in [1.29, 1.82) is 0 Å². The third-order valence-corrected chi connectivity index (χ3v) is 4.55. The monoisotopic (exact) mass is 344 g/mol. The smallest absolute Gasteiger partial charge is 0.263 e. The van der Waals surface area contributed by atoms with E-state index in [1.165, 1.54) is 43.9 Å². The lowest BCUT2D eigenvalue weighted by Crippen LogP contribution is -2.20. The van der Waals surface area contributed by atoms with Crippen LogP contribution in [0.15, 0.2) is 42.6 Å². The molecule has 0 bridgehead atoms.